The maximum atomic E-state index is 14.3. The van der Waals surface area contributed by atoms with Crippen LogP contribution in [0.15, 0.2) is 47.4 Å². The molecule has 0 saturated carbocycles. The fourth-order valence-corrected chi connectivity index (χ4v) is 4.34. The molecule has 2 aromatic carbocycles. The lowest BCUT2D eigenvalue weighted by Gasteiger charge is -2.19. The van der Waals surface area contributed by atoms with Crippen LogP contribution in [-0.2, 0) is 19.6 Å². The number of benzene rings is 2. The minimum atomic E-state index is -3.90. The molecular formula is C22H27FN2O6S. The smallest absolute Gasteiger partial charge is 0.341 e. The van der Waals surface area contributed by atoms with Crippen molar-refractivity contribution in [3.63, 3.8) is 0 Å². The quantitative estimate of drug-likeness (QED) is 0.538. The monoisotopic (exact) mass is 466 g/mol. The van der Waals surface area contributed by atoms with Crippen molar-refractivity contribution in [2.75, 3.05) is 25.0 Å². The first kappa shape index (κ1) is 25.3. The Morgan fingerprint density at radius 1 is 1.06 bits per heavy atom. The van der Waals surface area contributed by atoms with Crippen LogP contribution in [0, 0.1) is 5.82 Å². The van der Waals surface area contributed by atoms with Crippen LogP contribution in [0.3, 0.4) is 0 Å². The summed E-state index contributed by atoms with van der Waals surface area (Å²) in [7, 11) is -3.90. The first-order chi connectivity index (χ1) is 15.1. The predicted molar refractivity (Wildman–Crippen MR) is 118 cm³/mol. The highest BCUT2D eigenvalue weighted by molar-refractivity contribution is 7.89. The Morgan fingerprint density at radius 3 is 2.25 bits per heavy atom. The summed E-state index contributed by atoms with van der Waals surface area (Å²) in [6.07, 6.45) is -1.25. The molecule has 1 atom stereocenters. The van der Waals surface area contributed by atoms with Gasteiger partial charge in [0.1, 0.15) is 11.6 Å². The van der Waals surface area contributed by atoms with E-state index in [1.807, 2.05) is 6.92 Å². The summed E-state index contributed by atoms with van der Waals surface area (Å²) in [6.45, 7) is 7.47. The number of nitrogens with one attached hydrogen (secondary N) is 1. The molecule has 8 nitrogen and oxygen atoms in total. The van der Waals surface area contributed by atoms with E-state index >= 15 is 0 Å². The predicted octanol–water partition coefficient (Wildman–Crippen LogP) is 3.44. The lowest BCUT2D eigenvalue weighted by Crippen LogP contribution is -2.31. The second kappa shape index (κ2) is 11.1. The zero-order valence-corrected chi connectivity index (χ0v) is 19.2. The summed E-state index contributed by atoms with van der Waals surface area (Å²) in [6, 6.07) is 9.49. The summed E-state index contributed by atoms with van der Waals surface area (Å²) in [4.78, 5) is 24.6. The van der Waals surface area contributed by atoms with Crippen molar-refractivity contribution in [3.8, 4) is 5.75 Å². The molecule has 0 fully saturated rings. The SMILES string of the molecule is CCOc1ccc(NC(=O)C(C)OC(=O)c2cc(S(=O)(=O)N(CC)CC)ccc2F)cc1. The lowest BCUT2D eigenvalue weighted by atomic mass is 10.2. The van der Waals surface area contributed by atoms with Crippen molar-refractivity contribution in [3.05, 3.63) is 53.8 Å². The minimum absolute atomic E-state index is 0.221. The second-order valence-electron chi connectivity index (χ2n) is 6.73. The highest BCUT2D eigenvalue weighted by Crippen LogP contribution is 2.21. The highest BCUT2D eigenvalue weighted by atomic mass is 32.2. The molecule has 174 valence electrons. The summed E-state index contributed by atoms with van der Waals surface area (Å²) in [5, 5.41) is 2.58. The largest absolute Gasteiger partial charge is 0.494 e. The summed E-state index contributed by atoms with van der Waals surface area (Å²) in [5.74, 6) is -2.09. The van der Waals surface area contributed by atoms with Crippen LogP contribution in [-0.4, -0.2) is 50.4 Å². The number of hydrogen-bond donors (Lipinski definition) is 1. The van der Waals surface area contributed by atoms with Crippen molar-refractivity contribution in [1.82, 2.24) is 4.31 Å². The van der Waals surface area contributed by atoms with E-state index < -0.39 is 39.4 Å². The number of nitrogens with zero attached hydrogens (tertiary/aromatic N) is 1. The van der Waals surface area contributed by atoms with Gasteiger partial charge in [-0.1, -0.05) is 13.8 Å². The van der Waals surface area contributed by atoms with E-state index in [0.29, 0.717) is 18.0 Å². The highest BCUT2D eigenvalue weighted by Gasteiger charge is 2.26. The number of hydrogen-bond acceptors (Lipinski definition) is 6. The number of carbonyl (C=O) groups is 2. The molecule has 0 bridgehead atoms. The third-order valence-corrected chi connectivity index (χ3v) is 6.63. The van der Waals surface area contributed by atoms with Crippen molar-refractivity contribution >= 4 is 27.6 Å². The number of anilines is 1. The number of rotatable bonds is 10. The van der Waals surface area contributed by atoms with Crippen molar-refractivity contribution in [2.24, 2.45) is 0 Å². The average Bonchev–Trinajstić information content (AvgIpc) is 2.76. The molecule has 1 N–H and O–H groups in total. The average molecular weight is 467 g/mol. The molecule has 0 saturated heterocycles. The van der Waals surface area contributed by atoms with Crippen LogP contribution < -0.4 is 10.1 Å². The van der Waals surface area contributed by atoms with Crippen LogP contribution in [0.2, 0.25) is 0 Å². The van der Waals surface area contributed by atoms with E-state index in [-0.39, 0.29) is 18.0 Å². The second-order valence-corrected chi connectivity index (χ2v) is 8.66. The molecule has 0 spiro atoms. The van der Waals surface area contributed by atoms with Gasteiger partial charge in [-0.25, -0.2) is 17.6 Å². The van der Waals surface area contributed by atoms with Gasteiger partial charge in [0.15, 0.2) is 6.10 Å². The standard InChI is InChI=1S/C22H27FN2O6S/c1-5-25(6-2)32(28,29)18-12-13-20(23)19(14-18)22(27)31-15(4)21(26)24-16-8-10-17(11-9-16)30-7-3/h8-15H,5-7H2,1-4H3,(H,24,26). The first-order valence-electron chi connectivity index (χ1n) is 10.2. The van der Waals surface area contributed by atoms with Crippen molar-refractivity contribution < 1.29 is 31.9 Å². The van der Waals surface area contributed by atoms with Gasteiger partial charge < -0.3 is 14.8 Å². The van der Waals surface area contributed by atoms with E-state index in [2.05, 4.69) is 5.32 Å². The maximum Gasteiger partial charge on any atom is 0.341 e. The molecule has 2 rings (SSSR count). The third kappa shape index (κ3) is 6.04. The van der Waals surface area contributed by atoms with Gasteiger partial charge in [0, 0.05) is 18.8 Å². The van der Waals surface area contributed by atoms with Crippen LogP contribution in [0.25, 0.3) is 0 Å². The molecular weight excluding hydrogens is 439 g/mol. The Labute approximate surface area is 187 Å². The molecule has 0 aromatic heterocycles. The molecule has 1 amide bonds. The van der Waals surface area contributed by atoms with E-state index in [4.69, 9.17) is 9.47 Å². The van der Waals surface area contributed by atoms with Crippen LogP contribution >= 0.6 is 0 Å². The van der Waals surface area contributed by atoms with Crippen LogP contribution in [0.5, 0.6) is 5.75 Å². The topological polar surface area (TPSA) is 102 Å². The molecule has 0 aliphatic rings. The lowest BCUT2D eigenvalue weighted by molar-refractivity contribution is -0.123. The fraction of sp³-hybridized carbons (Fsp3) is 0.364. The van der Waals surface area contributed by atoms with Gasteiger partial charge in [-0.05, 0) is 56.3 Å². The van der Waals surface area contributed by atoms with Gasteiger partial charge in [0.05, 0.1) is 17.1 Å². The van der Waals surface area contributed by atoms with Gasteiger partial charge in [-0.3, -0.25) is 4.79 Å². The van der Waals surface area contributed by atoms with Gasteiger partial charge in [0.2, 0.25) is 10.0 Å². The molecule has 0 aliphatic heterocycles. The van der Waals surface area contributed by atoms with Crippen LogP contribution in [0.1, 0.15) is 38.1 Å². The Balaban J connectivity index is 2.13. The number of halogens is 1. The Hall–Kier alpha value is -2.98. The van der Waals surface area contributed by atoms with Crippen molar-refractivity contribution in [1.29, 1.82) is 0 Å². The Morgan fingerprint density at radius 2 is 1.69 bits per heavy atom. The Kier molecular flexibility index (Phi) is 8.73. The van der Waals surface area contributed by atoms with Gasteiger partial charge in [-0.15, -0.1) is 0 Å². The summed E-state index contributed by atoms with van der Waals surface area (Å²) in [5.41, 5.74) is -0.112. The number of sulfonamides is 1. The summed E-state index contributed by atoms with van der Waals surface area (Å²) < 4.78 is 51.1. The normalized spacial score (nSPS) is 12.3. The molecule has 10 heteroatoms. The minimum Gasteiger partial charge on any atom is -0.494 e. The van der Waals surface area contributed by atoms with Gasteiger partial charge in [0.25, 0.3) is 5.91 Å². The third-order valence-electron chi connectivity index (χ3n) is 4.59. The summed E-state index contributed by atoms with van der Waals surface area (Å²) >= 11 is 0. The van der Waals surface area contributed by atoms with Gasteiger partial charge >= 0.3 is 5.97 Å². The van der Waals surface area contributed by atoms with E-state index in [1.54, 1.807) is 38.1 Å². The van der Waals surface area contributed by atoms with E-state index in [9.17, 15) is 22.4 Å². The zero-order valence-electron chi connectivity index (χ0n) is 18.4. The molecule has 32 heavy (non-hydrogen) atoms. The number of esters is 1. The zero-order chi connectivity index (χ0) is 23.9. The maximum absolute atomic E-state index is 14.3. The number of carbonyl (C=O) groups excluding carboxylic acids is 2. The van der Waals surface area contributed by atoms with E-state index in [0.717, 1.165) is 18.2 Å². The molecule has 0 radical (unpaired) electrons. The molecule has 0 aliphatic carbocycles. The Bertz CT molecular complexity index is 1050. The molecule has 2 aromatic rings. The fourth-order valence-electron chi connectivity index (χ4n) is 2.86. The van der Waals surface area contributed by atoms with E-state index in [1.165, 1.54) is 11.2 Å². The van der Waals surface area contributed by atoms with Gasteiger partial charge in [-0.2, -0.15) is 4.31 Å². The number of ether oxygens (including phenoxy) is 2. The molecule has 0 heterocycles. The molecule has 1 unspecified atom stereocenters. The van der Waals surface area contributed by atoms with Crippen molar-refractivity contribution in [2.45, 2.75) is 38.7 Å². The first-order valence-corrected chi connectivity index (χ1v) is 11.6. The number of amides is 1. The van der Waals surface area contributed by atoms with Crippen LogP contribution in [0.4, 0.5) is 10.1 Å².